The van der Waals surface area contributed by atoms with Crippen LogP contribution in [0.15, 0.2) is 22.4 Å². The summed E-state index contributed by atoms with van der Waals surface area (Å²) in [6.45, 7) is 8.65. The van der Waals surface area contributed by atoms with E-state index in [1.54, 1.807) is 17.5 Å². The largest absolute Gasteiger partial charge is 0.448 e. The van der Waals surface area contributed by atoms with Gasteiger partial charge in [-0.2, -0.15) is 0 Å². The third kappa shape index (κ3) is 2.75. The fourth-order valence-corrected chi connectivity index (χ4v) is 2.87. The molecule has 0 amide bonds. The Morgan fingerprint density at radius 2 is 2.18 bits per heavy atom. The van der Waals surface area contributed by atoms with E-state index in [2.05, 4.69) is 43.0 Å². The van der Waals surface area contributed by atoms with Gasteiger partial charge in [0, 0.05) is 17.2 Å². The van der Waals surface area contributed by atoms with E-state index >= 15 is 0 Å². The lowest BCUT2D eigenvalue weighted by atomic mass is 9.87. The number of rotatable bonds is 4. The first kappa shape index (κ1) is 12.3. The second kappa shape index (κ2) is 4.61. The molecule has 0 fully saturated rings. The van der Waals surface area contributed by atoms with Gasteiger partial charge in [-0.15, -0.1) is 11.3 Å². The molecule has 0 spiro atoms. The molecule has 92 valence electrons. The number of oxazole rings is 1. The Balaban J connectivity index is 2.14. The lowest BCUT2D eigenvalue weighted by Crippen LogP contribution is -2.19. The molecule has 17 heavy (non-hydrogen) atoms. The molecule has 0 N–H and O–H groups in total. The average Bonchev–Trinajstić information content (AvgIpc) is 2.85. The Morgan fingerprint density at radius 1 is 1.41 bits per heavy atom. The van der Waals surface area contributed by atoms with Crippen molar-refractivity contribution in [3.05, 3.63) is 34.4 Å². The van der Waals surface area contributed by atoms with Crippen LogP contribution < -0.4 is 0 Å². The van der Waals surface area contributed by atoms with Crippen molar-refractivity contribution in [2.45, 2.75) is 45.4 Å². The fraction of sp³-hybridized carbons (Fsp3) is 0.538. The van der Waals surface area contributed by atoms with Crippen molar-refractivity contribution in [2.24, 2.45) is 0 Å². The van der Waals surface area contributed by atoms with E-state index in [1.165, 1.54) is 12.1 Å². The van der Waals surface area contributed by atoms with Crippen molar-refractivity contribution in [3.8, 4) is 0 Å². The van der Waals surface area contributed by atoms with Crippen molar-refractivity contribution in [3.63, 3.8) is 0 Å². The van der Waals surface area contributed by atoms with Crippen LogP contribution in [0.3, 0.4) is 0 Å². The lowest BCUT2D eigenvalue weighted by molar-refractivity contribution is 0.381. The maximum Gasteiger partial charge on any atom is 0.180 e. The van der Waals surface area contributed by atoms with Gasteiger partial charge in [-0.3, -0.25) is 0 Å². The van der Waals surface area contributed by atoms with Gasteiger partial charge < -0.3 is 4.42 Å². The van der Waals surface area contributed by atoms with Gasteiger partial charge in [-0.05, 0) is 5.92 Å². The molecule has 2 heterocycles. The van der Waals surface area contributed by atoms with Crippen LogP contribution >= 0.6 is 11.3 Å². The van der Waals surface area contributed by atoms with Crippen molar-refractivity contribution >= 4 is 11.3 Å². The summed E-state index contributed by atoms with van der Waals surface area (Å²) in [5.41, 5.74) is 1.13. The van der Waals surface area contributed by atoms with Gasteiger partial charge in [0.1, 0.15) is 5.76 Å². The van der Waals surface area contributed by atoms with Gasteiger partial charge in [0.2, 0.25) is 0 Å². The molecular formula is C13H18N2OS. The van der Waals surface area contributed by atoms with E-state index < -0.39 is 0 Å². The zero-order chi connectivity index (χ0) is 12.5. The first-order valence-electron chi connectivity index (χ1n) is 5.82. The smallest absolute Gasteiger partial charge is 0.180 e. The summed E-state index contributed by atoms with van der Waals surface area (Å²) in [5.74, 6) is 1.41. The van der Waals surface area contributed by atoms with Gasteiger partial charge in [0.15, 0.2) is 6.39 Å². The van der Waals surface area contributed by atoms with Gasteiger partial charge in [-0.25, -0.2) is 9.97 Å². The van der Waals surface area contributed by atoms with E-state index in [-0.39, 0.29) is 5.41 Å². The predicted octanol–water partition coefficient (Wildman–Crippen LogP) is 3.77. The van der Waals surface area contributed by atoms with Crippen LogP contribution in [0.25, 0.3) is 0 Å². The van der Waals surface area contributed by atoms with E-state index in [9.17, 15) is 0 Å². The van der Waals surface area contributed by atoms with E-state index in [0.717, 1.165) is 17.2 Å². The molecule has 2 aromatic heterocycles. The summed E-state index contributed by atoms with van der Waals surface area (Å²) in [4.78, 5) is 8.64. The Kier molecular flexibility index (Phi) is 3.33. The highest BCUT2D eigenvalue weighted by Gasteiger charge is 2.26. The van der Waals surface area contributed by atoms with Crippen molar-refractivity contribution in [1.82, 2.24) is 9.97 Å². The summed E-state index contributed by atoms with van der Waals surface area (Å²) in [6, 6.07) is 0. The summed E-state index contributed by atoms with van der Waals surface area (Å²) in [6.07, 6.45) is 4.16. The van der Waals surface area contributed by atoms with Crippen LogP contribution in [0.4, 0.5) is 0 Å². The van der Waals surface area contributed by atoms with Crippen LogP contribution in [0.5, 0.6) is 0 Å². The Morgan fingerprint density at radius 3 is 2.71 bits per heavy atom. The molecule has 0 saturated heterocycles. The van der Waals surface area contributed by atoms with Crippen LogP contribution in [0, 0.1) is 0 Å². The first-order chi connectivity index (χ1) is 7.99. The molecule has 0 atom stereocenters. The molecule has 0 bridgehead atoms. The van der Waals surface area contributed by atoms with Crippen molar-refractivity contribution < 1.29 is 4.42 Å². The molecule has 0 aliphatic rings. The maximum absolute atomic E-state index is 5.39. The van der Waals surface area contributed by atoms with Gasteiger partial charge in [0.25, 0.3) is 0 Å². The van der Waals surface area contributed by atoms with Crippen LogP contribution in [0.1, 0.15) is 50.1 Å². The Bertz CT molecular complexity index is 471. The minimum absolute atomic E-state index is 0.0530. The molecule has 3 nitrogen and oxygen atoms in total. The third-order valence-corrected chi connectivity index (χ3v) is 3.72. The van der Waals surface area contributed by atoms with E-state index in [1.807, 2.05) is 0 Å². The highest BCUT2D eigenvalue weighted by atomic mass is 32.1. The van der Waals surface area contributed by atoms with E-state index in [0.29, 0.717) is 5.92 Å². The Hall–Kier alpha value is -1.16. The number of hydrogen-bond acceptors (Lipinski definition) is 4. The Labute approximate surface area is 106 Å². The summed E-state index contributed by atoms with van der Waals surface area (Å²) < 4.78 is 5.39. The minimum Gasteiger partial charge on any atom is -0.448 e. The van der Waals surface area contributed by atoms with Gasteiger partial charge in [0.05, 0.1) is 16.9 Å². The first-order valence-corrected chi connectivity index (χ1v) is 6.70. The standard InChI is InChI=1S/C13H18N2OS/c1-9(2)10-7-17-12(15-10)5-13(3,4)11-6-14-8-16-11/h6-9H,5H2,1-4H3. The number of hydrogen-bond donors (Lipinski definition) is 0. The molecule has 4 heteroatoms. The SMILES string of the molecule is CC(C)c1csc(CC(C)(C)c2cnco2)n1. The lowest BCUT2D eigenvalue weighted by Gasteiger charge is -2.19. The van der Waals surface area contributed by atoms with Crippen molar-refractivity contribution in [2.75, 3.05) is 0 Å². The van der Waals surface area contributed by atoms with Crippen LogP contribution in [-0.4, -0.2) is 9.97 Å². The molecular weight excluding hydrogens is 232 g/mol. The molecule has 0 aromatic carbocycles. The second-order valence-corrected chi connectivity index (χ2v) is 6.19. The molecule has 0 aliphatic heterocycles. The summed E-state index contributed by atoms with van der Waals surface area (Å²) >= 11 is 1.73. The highest BCUT2D eigenvalue weighted by Crippen LogP contribution is 2.29. The highest BCUT2D eigenvalue weighted by molar-refractivity contribution is 7.09. The zero-order valence-corrected chi connectivity index (χ0v) is 11.5. The molecule has 2 rings (SSSR count). The topological polar surface area (TPSA) is 38.9 Å². The average molecular weight is 250 g/mol. The normalized spacial score (nSPS) is 12.3. The monoisotopic (exact) mass is 250 g/mol. The van der Waals surface area contributed by atoms with Gasteiger partial charge in [-0.1, -0.05) is 27.7 Å². The van der Waals surface area contributed by atoms with E-state index in [4.69, 9.17) is 4.42 Å². The zero-order valence-electron chi connectivity index (χ0n) is 10.7. The summed E-state index contributed by atoms with van der Waals surface area (Å²) in [7, 11) is 0. The van der Waals surface area contributed by atoms with Crippen molar-refractivity contribution in [1.29, 1.82) is 0 Å². The second-order valence-electron chi connectivity index (χ2n) is 5.25. The quantitative estimate of drug-likeness (QED) is 0.829. The molecule has 0 unspecified atom stereocenters. The molecule has 0 aliphatic carbocycles. The number of aromatic nitrogens is 2. The van der Waals surface area contributed by atoms with Crippen LogP contribution in [-0.2, 0) is 11.8 Å². The fourth-order valence-electron chi connectivity index (χ4n) is 1.69. The van der Waals surface area contributed by atoms with Crippen LogP contribution in [0.2, 0.25) is 0 Å². The number of thiazole rings is 1. The predicted molar refractivity (Wildman–Crippen MR) is 69.4 cm³/mol. The third-order valence-electron chi connectivity index (χ3n) is 2.85. The molecule has 0 saturated carbocycles. The summed E-state index contributed by atoms with van der Waals surface area (Å²) in [5, 5.41) is 3.31. The molecule has 2 aromatic rings. The van der Waals surface area contributed by atoms with Gasteiger partial charge >= 0.3 is 0 Å². The number of nitrogens with zero attached hydrogens (tertiary/aromatic N) is 2. The molecule has 0 radical (unpaired) electrons. The minimum atomic E-state index is -0.0530. The maximum atomic E-state index is 5.39.